The lowest BCUT2D eigenvalue weighted by Gasteiger charge is -2.36. The van der Waals surface area contributed by atoms with Crippen molar-refractivity contribution in [3.8, 4) is 6.07 Å². The quantitative estimate of drug-likeness (QED) is 0.270. The third-order valence-electron chi connectivity index (χ3n) is 5.55. The number of nitrogens with zero attached hydrogens (tertiary/aromatic N) is 1. The van der Waals surface area contributed by atoms with Gasteiger partial charge in [-0.1, -0.05) is 91.0 Å². The highest BCUT2D eigenvalue weighted by atomic mass is 32.2. The second-order valence-electron chi connectivity index (χ2n) is 9.49. The molecule has 6 nitrogen and oxygen atoms in total. The van der Waals surface area contributed by atoms with Crippen LogP contribution in [0.2, 0.25) is 0 Å². The number of alkyl carbamates (subject to hydrolysis) is 1. The van der Waals surface area contributed by atoms with E-state index in [1.165, 1.54) is 0 Å². The zero-order valence-electron chi connectivity index (χ0n) is 21.4. The summed E-state index contributed by atoms with van der Waals surface area (Å²) in [5.41, 5.74) is 2.45. The van der Waals surface area contributed by atoms with E-state index in [9.17, 15) is 9.59 Å². The van der Waals surface area contributed by atoms with Crippen LogP contribution in [0.4, 0.5) is 4.79 Å². The molecule has 0 aliphatic heterocycles. The Morgan fingerprint density at radius 3 is 1.73 bits per heavy atom. The van der Waals surface area contributed by atoms with Crippen LogP contribution in [0.25, 0.3) is 0 Å². The predicted octanol–water partition coefficient (Wildman–Crippen LogP) is 5.63. The van der Waals surface area contributed by atoms with Crippen molar-refractivity contribution in [3.63, 3.8) is 0 Å². The summed E-state index contributed by atoms with van der Waals surface area (Å²) < 4.78 is 4.79. The number of rotatable bonds is 10. The van der Waals surface area contributed by atoms with Crippen LogP contribution in [0.3, 0.4) is 0 Å². The maximum Gasteiger partial charge on any atom is 0.408 e. The molecule has 3 rings (SSSR count). The summed E-state index contributed by atoms with van der Waals surface area (Å²) >= 11 is 1.57. The zero-order valence-corrected chi connectivity index (χ0v) is 22.3. The van der Waals surface area contributed by atoms with E-state index in [1.807, 2.05) is 60.7 Å². The normalized spacial score (nSPS) is 12.2. The summed E-state index contributed by atoms with van der Waals surface area (Å²) in [7, 11) is 0. The molecular weight excluding hydrogens is 482 g/mol. The second-order valence-corrected chi connectivity index (χ2v) is 10.7. The Morgan fingerprint density at radius 2 is 1.32 bits per heavy atom. The molecule has 0 radical (unpaired) electrons. The molecule has 2 N–H and O–H groups in total. The lowest BCUT2D eigenvalue weighted by molar-refractivity contribution is -0.122. The average Bonchev–Trinajstić information content (AvgIpc) is 2.89. The molecule has 3 aromatic carbocycles. The third kappa shape index (κ3) is 7.61. The van der Waals surface area contributed by atoms with E-state index in [0.717, 1.165) is 16.7 Å². The van der Waals surface area contributed by atoms with Gasteiger partial charge in [-0.3, -0.25) is 4.79 Å². The zero-order chi connectivity index (χ0) is 26.7. The summed E-state index contributed by atoms with van der Waals surface area (Å²) in [6.07, 6.45) is -0.488. The number of hydrogen-bond acceptors (Lipinski definition) is 5. The first-order valence-electron chi connectivity index (χ1n) is 12.2. The summed E-state index contributed by atoms with van der Waals surface area (Å²) in [6, 6.07) is 31.6. The molecule has 0 aliphatic rings. The molecule has 192 valence electrons. The molecule has 3 aromatic rings. The van der Waals surface area contributed by atoms with E-state index in [2.05, 4.69) is 47.0 Å². The summed E-state index contributed by atoms with van der Waals surface area (Å²) in [5.74, 6) is -0.104. The number of amides is 2. The van der Waals surface area contributed by atoms with Crippen molar-refractivity contribution in [2.45, 2.75) is 43.6 Å². The van der Waals surface area contributed by atoms with Crippen LogP contribution in [0, 0.1) is 11.3 Å². The molecule has 0 bridgehead atoms. The molecule has 7 heteroatoms. The van der Waals surface area contributed by atoms with Gasteiger partial charge in [-0.2, -0.15) is 5.26 Å². The number of thioether (sulfide) groups is 1. The van der Waals surface area contributed by atoms with Crippen molar-refractivity contribution in [1.29, 1.82) is 5.26 Å². The van der Waals surface area contributed by atoms with Gasteiger partial charge in [0.2, 0.25) is 5.91 Å². The molecule has 1 atom stereocenters. The molecule has 0 saturated heterocycles. The van der Waals surface area contributed by atoms with Gasteiger partial charge in [-0.05, 0) is 37.5 Å². The first kappa shape index (κ1) is 27.8. The van der Waals surface area contributed by atoms with Crippen LogP contribution in [0.1, 0.15) is 43.9 Å². The minimum Gasteiger partial charge on any atom is -0.444 e. The van der Waals surface area contributed by atoms with Crippen molar-refractivity contribution < 1.29 is 14.3 Å². The number of carbonyl (C=O) groups is 2. The Kier molecular flexibility index (Phi) is 9.76. The Balaban J connectivity index is 2.02. The van der Waals surface area contributed by atoms with Crippen molar-refractivity contribution in [3.05, 3.63) is 108 Å². The smallest absolute Gasteiger partial charge is 0.408 e. The van der Waals surface area contributed by atoms with Crippen LogP contribution in [0.15, 0.2) is 91.0 Å². The van der Waals surface area contributed by atoms with Gasteiger partial charge in [0.25, 0.3) is 0 Å². The molecule has 0 unspecified atom stereocenters. The molecule has 0 saturated carbocycles. The van der Waals surface area contributed by atoms with E-state index in [0.29, 0.717) is 0 Å². The van der Waals surface area contributed by atoms with Crippen LogP contribution >= 0.6 is 11.8 Å². The number of ether oxygens (including phenoxy) is 1. The molecule has 0 aromatic heterocycles. The van der Waals surface area contributed by atoms with Crippen LogP contribution in [0.5, 0.6) is 0 Å². The Labute approximate surface area is 223 Å². The van der Waals surface area contributed by atoms with Crippen LogP contribution in [-0.2, 0) is 14.3 Å². The highest BCUT2D eigenvalue weighted by Crippen LogP contribution is 2.48. The molecule has 0 spiro atoms. The number of nitriles is 1. The Morgan fingerprint density at radius 1 is 0.865 bits per heavy atom. The van der Waals surface area contributed by atoms with Gasteiger partial charge < -0.3 is 15.4 Å². The molecule has 0 heterocycles. The van der Waals surface area contributed by atoms with Crippen molar-refractivity contribution in [1.82, 2.24) is 10.6 Å². The van der Waals surface area contributed by atoms with Crippen molar-refractivity contribution >= 4 is 23.8 Å². The number of hydrogen-bond donors (Lipinski definition) is 2. The average molecular weight is 516 g/mol. The van der Waals surface area contributed by atoms with Crippen LogP contribution < -0.4 is 10.6 Å². The third-order valence-corrected chi connectivity index (χ3v) is 7.19. The van der Waals surface area contributed by atoms with E-state index in [1.54, 1.807) is 32.5 Å². The highest BCUT2D eigenvalue weighted by Gasteiger charge is 2.38. The Hall–Kier alpha value is -3.76. The predicted molar refractivity (Wildman–Crippen MR) is 148 cm³/mol. The maximum atomic E-state index is 13.1. The monoisotopic (exact) mass is 515 g/mol. The van der Waals surface area contributed by atoms with E-state index in [4.69, 9.17) is 10.00 Å². The van der Waals surface area contributed by atoms with Gasteiger partial charge >= 0.3 is 6.09 Å². The molecule has 0 fully saturated rings. The van der Waals surface area contributed by atoms with Gasteiger partial charge in [-0.25, -0.2) is 4.79 Å². The van der Waals surface area contributed by atoms with Gasteiger partial charge in [0.15, 0.2) is 0 Å². The maximum absolute atomic E-state index is 13.1. The topological polar surface area (TPSA) is 91.2 Å². The first-order valence-corrected chi connectivity index (χ1v) is 13.2. The molecule has 0 aliphatic carbocycles. The fourth-order valence-corrected chi connectivity index (χ4v) is 5.53. The standard InChI is InChI=1S/C30H33N3O3S/c1-29(2,3)36-28(35)33-26(27(34)32-21-13-20-31)22-37-30(23-14-7-4-8-15-23,24-16-9-5-10-17-24)25-18-11-6-12-19-25/h4-12,14-19,26H,13,21-22H2,1-3H3,(H,32,34)(H,33,35)/t26-/m0/s1. The van der Waals surface area contributed by atoms with Gasteiger partial charge in [0.1, 0.15) is 11.6 Å². The van der Waals surface area contributed by atoms with Crippen LogP contribution in [-0.4, -0.2) is 35.9 Å². The van der Waals surface area contributed by atoms with Gasteiger partial charge in [0, 0.05) is 12.3 Å². The summed E-state index contributed by atoms with van der Waals surface area (Å²) in [5, 5.41) is 14.4. The van der Waals surface area contributed by atoms with E-state index in [-0.39, 0.29) is 24.6 Å². The van der Waals surface area contributed by atoms with Crippen molar-refractivity contribution in [2.75, 3.05) is 12.3 Å². The lowest BCUT2D eigenvalue weighted by Crippen LogP contribution is -2.50. The fraction of sp³-hybridized carbons (Fsp3) is 0.300. The molecular formula is C30H33N3O3S. The van der Waals surface area contributed by atoms with Crippen molar-refractivity contribution in [2.24, 2.45) is 0 Å². The second kappa shape index (κ2) is 13.0. The Bertz CT molecular complexity index is 1090. The number of nitrogens with one attached hydrogen (secondary N) is 2. The van der Waals surface area contributed by atoms with E-state index < -0.39 is 22.5 Å². The number of carbonyl (C=O) groups excluding carboxylic acids is 2. The largest absolute Gasteiger partial charge is 0.444 e. The summed E-state index contributed by atoms with van der Waals surface area (Å²) in [4.78, 5) is 25.8. The summed E-state index contributed by atoms with van der Waals surface area (Å²) in [6.45, 7) is 5.52. The first-order chi connectivity index (χ1) is 17.8. The van der Waals surface area contributed by atoms with E-state index >= 15 is 0 Å². The fourth-order valence-electron chi connectivity index (χ4n) is 3.97. The lowest BCUT2D eigenvalue weighted by atomic mass is 9.84. The molecule has 37 heavy (non-hydrogen) atoms. The SMILES string of the molecule is CC(C)(C)OC(=O)N[C@@H](CSC(c1ccccc1)(c1ccccc1)c1ccccc1)C(=O)NCCC#N. The minimum atomic E-state index is -0.881. The minimum absolute atomic E-state index is 0.181. The molecule has 2 amide bonds. The van der Waals surface area contributed by atoms with Gasteiger partial charge in [0.05, 0.1) is 17.2 Å². The highest BCUT2D eigenvalue weighted by molar-refractivity contribution is 8.00. The van der Waals surface area contributed by atoms with Gasteiger partial charge in [-0.15, -0.1) is 11.8 Å². The number of benzene rings is 3.